The lowest BCUT2D eigenvalue weighted by Crippen LogP contribution is -2.28. The van der Waals surface area contributed by atoms with Gasteiger partial charge in [-0.3, -0.25) is 4.99 Å². The molecule has 0 saturated carbocycles. The highest BCUT2D eigenvalue weighted by Gasteiger charge is 2.14. The molecule has 1 aliphatic heterocycles. The third kappa shape index (κ3) is 1.09. The summed E-state index contributed by atoms with van der Waals surface area (Å²) in [6, 6.07) is 0.242. The van der Waals surface area contributed by atoms with Gasteiger partial charge in [-0.2, -0.15) is 0 Å². The molecular weight excluding hydrogens is 148 g/mol. The van der Waals surface area contributed by atoms with Crippen molar-refractivity contribution < 1.29 is 0 Å². The first-order chi connectivity index (χ1) is 5.77. The lowest BCUT2D eigenvalue weighted by atomic mass is 10.2. The normalized spacial score (nSPS) is 26.5. The van der Waals surface area contributed by atoms with Crippen LogP contribution in [0.3, 0.4) is 0 Å². The molecule has 0 N–H and O–H groups in total. The molecule has 2 nitrogen and oxygen atoms in total. The van der Waals surface area contributed by atoms with Crippen molar-refractivity contribution in [2.24, 2.45) is 4.99 Å². The van der Waals surface area contributed by atoms with Crippen LogP contribution in [-0.4, -0.2) is 23.8 Å². The van der Waals surface area contributed by atoms with Crippen molar-refractivity contribution in [3.63, 3.8) is 0 Å². The van der Waals surface area contributed by atoms with Crippen molar-refractivity contribution in [3.8, 4) is 0 Å². The van der Waals surface area contributed by atoms with Crippen LogP contribution < -0.4 is 0 Å². The summed E-state index contributed by atoms with van der Waals surface area (Å²) in [4.78, 5) is 6.58. The molecule has 1 atom stereocenters. The highest BCUT2D eigenvalue weighted by atomic mass is 15.2. The highest BCUT2D eigenvalue weighted by Crippen LogP contribution is 2.17. The van der Waals surface area contributed by atoms with Gasteiger partial charge in [0.05, 0.1) is 6.04 Å². The largest absolute Gasteiger partial charge is 0.334 e. The maximum Gasteiger partial charge on any atom is 0.101 e. The first-order valence-electron chi connectivity index (χ1n) is 4.12. The summed E-state index contributed by atoms with van der Waals surface area (Å²) in [6.45, 7) is 2.03. The Morgan fingerprint density at radius 1 is 1.42 bits per heavy atom. The SMILES string of the molecule is CC1=NC2C=CC=CC(=C2)N1C. The van der Waals surface area contributed by atoms with Gasteiger partial charge in [0.2, 0.25) is 0 Å². The van der Waals surface area contributed by atoms with Gasteiger partial charge in [0, 0.05) is 12.7 Å². The molecule has 2 bridgehead atoms. The number of hydrogen-bond donors (Lipinski definition) is 0. The number of nitrogens with zero attached hydrogens (tertiary/aromatic N) is 2. The zero-order chi connectivity index (χ0) is 8.55. The zero-order valence-corrected chi connectivity index (χ0v) is 7.36. The van der Waals surface area contributed by atoms with Crippen LogP contribution in [0.25, 0.3) is 0 Å². The first-order valence-corrected chi connectivity index (χ1v) is 4.12. The summed E-state index contributed by atoms with van der Waals surface area (Å²) < 4.78 is 0. The first kappa shape index (κ1) is 7.35. The molecule has 12 heavy (non-hydrogen) atoms. The molecule has 0 aromatic heterocycles. The molecule has 1 unspecified atom stereocenters. The topological polar surface area (TPSA) is 15.6 Å². The summed E-state index contributed by atoms with van der Waals surface area (Å²) in [5.74, 6) is 1.08. The number of rotatable bonds is 0. The summed E-state index contributed by atoms with van der Waals surface area (Å²) in [7, 11) is 2.04. The minimum atomic E-state index is 0.242. The molecule has 2 aliphatic rings. The molecule has 2 rings (SSSR count). The fourth-order valence-corrected chi connectivity index (χ4v) is 1.41. The Bertz CT molecular complexity index is 308. The Labute approximate surface area is 72.6 Å². The van der Waals surface area contributed by atoms with Crippen LogP contribution in [0.15, 0.2) is 41.1 Å². The van der Waals surface area contributed by atoms with Gasteiger partial charge in [0.25, 0.3) is 0 Å². The van der Waals surface area contributed by atoms with Crippen molar-refractivity contribution in [1.82, 2.24) is 4.90 Å². The average molecular weight is 160 g/mol. The van der Waals surface area contributed by atoms with Gasteiger partial charge in [-0.15, -0.1) is 0 Å². The van der Waals surface area contributed by atoms with E-state index in [2.05, 4.69) is 34.2 Å². The Kier molecular flexibility index (Phi) is 1.61. The molecule has 0 aromatic carbocycles. The highest BCUT2D eigenvalue weighted by molar-refractivity contribution is 5.83. The molecule has 0 radical (unpaired) electrons. The molecule has 1 aliphatic carbocycles. The Morgan fingerprint density at radius 3 is 3.08 bits per heavy atom. The van der Waals surface area contributed by atoms with E-state index in [1.165, 1.54) is 5.70 Å². The molecule has 2 heteroatoms. The Balaban J connectivity index is 2.41. The van der Waals surface area contributed by atoms with E-state index in [9.17, 15) is 0 Å². The van der Waals surface area contributed by atoms with Crippen LogP contribution in [0.1, 0.15) is 6.92 Å². The summed E-state index contributed by atoms with van der Waals surface area (Å²) >= 11 is 0. The van der Waals surface area contributed by atoms with Crippen molar-refractivity contribution in [1.29, 1.82) is 0 Å². The number of aliphatic imine (C=N–C) groups is 1. The number of allylic oxidation sites excluding steroid dienone is 3. The van der Waals surface area contributed by atoms with E-state index < -0.39 is 0 Å². The van der Waals surface area contributed by atoms with Gasteiger partial charge in [-0.25, -0.2) is 0 Å². The second kappa shape index (κ2) is 2.63. The van der Waals surface area contributed by atoms with E-state index in [-0.39, 0.29) is 6.04 Å². The van der Waals surface area contributed by atoms with E-state index in [0.717, 1.165) is 5.84 Å². The Morgan fingerprint density at radius 2 is 2.25 bits per heavy atom. The standard InChI is InChI=1S/C10H12N2/c1-8-11-9-5-3-4-6-10(7-9)12(8)2/h3-7,9H,1-2H3. The summed E-state index contributed by atoms with van der Waals surface area (Å²) in [5, 5.41) is 0. The molecule has 0 saturated heterocycles. The Hall–Kier alpha value is -1.31. The van der Waals surface area contributed by atoms with Gasteiger partial charge in [-0.1, -0.05) is 18.2 Å². The summed E-state index contributed by atoms with van der Waals surface area (Å²) in [5.41, 5.74) is 1.23. The minimum absolute atomic E-state index is 0.242. The number of hydrogen-bond acceptors (Lipinski definition) is 2. The van der Waals surface area contributed by atoms with Crippen LogP contribution in [0.2, 0.25) is 0 Å². The third-order valence-corrected chi connectivity index (χ3v) is 2.24. The number of amidine groups is 1. The predicted octanol–water partition coefficient (Wildman–Crippen LogP) is 1.73. The smallest absolute Gasteiger partial charge is 0.101 e. The monoisotopic (exact) mass is 160 g/mol. The van der Waals surface area contributed by atoms with Gasteiger partial charge in [0.15, 0.2) is 0 Å². The van der Waals surface area contributed by atoms with E-state index in [4.69, 9.17) is 0 Å². The van der Waals surface area contributed by atoms with Gasteiger partial charge in [-0.05, 0) is 19.1 Å². The van der Waals surface area contributed by atoms with Gasteiger partial charge >= 0.3 is 0 Å². The molecule has 62 valence electrons. The van der Waals surface area contributed by atoms with Crippen LogP contribution in [0.4, 0.5) is 0 Å². The number of fused-ring (bicyclic) bond motifs is 1. The lowest BCUT2D eigenvalue weighted by molar-refractivity contribution is 0.614. The zero-order valence-electron chi connectivity index (χ0n) is 7.36. The van der Waals surface area contributed by atoms with Crippen molar-refractivity contribution in [3.05, 3.63) is 36.1 Å². The second-order valence-corrected chi connectivity index (χ2v) is 3.06. The van der Waals surface area contributed by atoms with Gasteiger partial charge < -0.3 is 4.90 Å². The number of likely N-dealkylation sites (N-methyl/N-ethyl adjacent to an activating group) is 1. The molecule has 0 amide bonds. The fraction of sp³-hybridized carbons (Fsp3) is 0.300. The third-order valence-electron chi connectivity index (χ3n) is 2.24. The van der Waals surface area contributed by atoms with Crippen LogP contribution in [0, 0.1) is 0 Å². The van der Waals surface area contributed by atoms with E-state index in [1.54, 1.807) is 0 Å². The molecule has 1 heterocycles. The van der Waals surface area contributed by atoms with E-state index in [1.807, 2.05) is 20.0 Å². The fourth-order valence-electron chi connectivity index (χ4n) is 1.41. The van der Waals surface area contributed by atoms with E-state index in [0.29, 0.717) is 0 Å². The van der Waals surface area contributed by atoms with Crippen LogP contribution >= 0.6 is 0 Å². The average Bonchev–Trinajstić information content (AvgIpc) is 2.24. The van der Waals surface area contributed by atoms with Crippen LogP contribution in [-0.2, 0) is 0 Å². The lowest BCUT2D eigenvalue weighted by Gasteiger charge is -2.25. The molecule has 0 spiro atoms. The molecular formula is C10H12N2. The quantitative estimate of drug-likeness (QED) is 0.527. The van der Waals surface area contributed by atoms with Crippen LogP contribution in [0.5, 0.6) is 0 Å². The van der Waals surface area contributed by atoms with E-state index >= 15 is 0 Å². The van der Waals surface area contributed by atoms with Gasteiger partial charge in [0.1, 0.15) is 5.84 Å². The van der Waals surface area contributed by atoms with Crippen molar-refractivity contribution in [2.75, 3.05) is 7.05 Å². The summed E-state index contributed by atoms with van der Waals surface area (Å²) in [6.07, 6.45) is 10.5. The molecule has 0 aromatic rings. The van der Waals surface area contributed by atoms with Crippen molar-refractivity contribution in [2.45, 2.75) is 13.0 Å². The maximum atomic E-state index is 4.48. The maximum absolute atomic E-state index is 4.48. The minimum Gasteiger partial charge on any atom is -0.334 e. The second-order valence-electron chi connectivity index (χ2n) is 3.06. The molecule has 0 fully saturated rings. The predicted molar refractivity (Wildman–Crippen MR) is 51.0 cm³/mol. The van der Waals surface area contributed by atoms with Crippen molar-refractivity contribution >= 4 is 5.84 Å².